The highest BCUT2D eigenvalue weighted by molar-refractivity contribution is 5.72. The molecule has 104 valence electrons. The van der Waals surface area contributed by atoms with E-state index >= 15 is 0 Å². The number of benzene rings is 2. The van der Waals surface area contributed by atoms with Gasteiger partial charge < -0.3 is 10.1 Å². The maximum atomic E-state index is 11.7. The summed E-state index contributed by atoms with van der Waals surface area (Å²) in [4.78, 5) is 11.7. The van der Waals surface area contributed by atoms with Crippen molar-refractivity contribution < 1.29 is 9.53 Å². The van der Waals surface area contributed by atoms with Crippen molar-refractivity contribution in [3.8, 4) is 5.75 Å². The highest BCUT2D eigenvalue weighted by atomic mass is 16.5. The second kappa shape index (κ2) is 7.46. The van der Waals surface area contributed by atoms with Gasteiger partial charge in [-0.25, -0.2) is 0 Å². The van der Waals surface area contributed by atoms with E-state index in [1.807, 2.05) is 36.4 Å². The van der Waals surface area contributed by atoms with Gasteiger partial charge in [-0.15, -0.1) is 0 Å². The number of carbonyl (C=O) groups excluding carboxylic acids is 1. The summed E-state index contributed by atoms with van der Waals surface area (Å²) in [7, 11) is 0. The molecule has 3 nitrogen and oxygen atoms in total. The summed E-state index contributed by atoms with van der Waals surface area (Å²) in [6, 6.07) is 19.5. The van der Waals surface area contributed by atoms with E-state index in [0.717, 1.165) is 0 Å². The Bertz CT molecular complexity index is 525. The molecule has 0 aliphatic rings. The lowest BCUT2D eigenvalue weighted by Crippen LogP contribution is -2.23. The van der Waals surface area contributed by atoms with E-state index < -0.39 is 0 Å². The maximum absolute atomic E-state index is 11.7. The van der Waals surface area contributed by atoms with Crippen LogP contribution in [0.4, 0.5) is 0 Å². The molecule has 0 aromatic heterocycles. The standard InChI is InChI=1S/C17H19NO2/c1-14(15-8-4-2-5-9-15)18-13-12-17(19)20-16-10-6-3-7-11-16/h2-11,14,18H,12-13H2,1H3/t14-/m1/s1. The summed E-state index contributed by atoms with van der Waals surface area (Å²) in [5, 5.41) is 3.31. The second-order valence-electron chi connectivity index (χ2n) is 4.62. The zero-order chi connectivity index (χ0) is 14.2. The lowest BCUT2D eigenvalue weighted by atomic mass is 10.1. The van der Waals surface area contributed by atoms with Gasteiger partial charge >= 0.3 is 5.97 Å². The first-order chi connectivity index (χ1) is 9.75. The number of para-hydroxylation sites is 1. The summed E-state index contributed by atoms with van der Waals surface area (Å²) in [6.45, 7) is 2.68. The van der Waals surface area contributed by atoms with Crippen molar-refractivity contribution in [1.82, 2.24) is 5.32 Å². The molecule has 0 bridgehead atoms. The number of carbonyl (C=O) groups is 1. The molecular weight excluding hydrogens is 250 g/mol. The second-order valence-corrected chi connectivity index (χ2v) is 4.62. The van der Waals surface area contributed by atoms with E-state index in [4.69, 9.17) is 4.74 Å². The van der Waals surface area contributed by atoms with Gasteiger partial charge in [-0.05, 0) is 24.6 Å². The maximum Gasteiger partial charge on any atom is 0.312 e. The minimum atomic E-state index is -0.219. The van der Waals surface area contributed by atoms with E-state index in [1.54, 1.807) is 12.1 Å². The lowest BCUT2D eigenvalue weighted by molar-refractivity contribution is -0.134. The van der Waals surface area contributed by atoms with Crippen molar-refractivity contribution in [2.24, 2.45) is 0 Å². The molecule has 0 saturated heterocycles. The highest BCUT2D eigenvalue weighted by Crippen LogP contribution is 2.11. The predicted molar refractivity (Wildman–Crippen MR) is 79.6 cm³/mol. The van der Waals surface area contributed by atoms with Gasteiger partial charge in [-0.1, -0.05) is 48.5 Å². The third-order valence-electron chi connectivity index (χ3n) is 3.05. The van der Waals surface area contributed by atoms with Crippen LogP contribution in [0.2, 0.25) is 0 Å². The Kier molecular flexibility index (Phi) is 5.33. The Balaban J connectivity index is 1.72. The molecule has 0 aliphatic heterocycles. The third-order valence-corrected chi connectivity index (χ3v) is 3.05. The number of hydrogen-bond acceptors (Lipinski definition) is 3. The van der Waals surface area contributed by atoms with Crippen LogP contribution in [0, 0.1) is 0 Å². The average Bonchev–Trinajstić information content (AvgIpc) is 2.49. The Morgan fingerprint density at radius 1 is 1.05 bits per heavy atom. The van der Waals surface area contributed by atoms with Crippen LogP contribution >= 0.6 is 0 Å². The fourth-order valence-electron chi connectivity index (χ4n) is 1.92. The zero-order valence-electron chi connectivity index (χ0n) is 11.6. The molecule has 0 heterocycles. The molecule has 20 heavy (non-hydrogen) atoms. The monoisotopic (exact) mass is 269 g/mol. The van der Waals surface area contributed by atoms with Crippen molar-refractivity contribution >= 4 is 5.97 Å². The van der Waals surface area contributed by atoms with Crippen molar-refractivity contribution in [3.63, 3.8) is 0 Å². The summed E-state index contributed by atoms with van der Waals surface area (Å²) in [5.74, 6) is 0.373. The number of nitrogens with one attached hydrogen (secondary N) is 1. The molecule has 2 aromatic rings. The van der Waals surface area contributed by atoms with Gasteiger partial charge in [0.05, 0.1) is 6.42 Å². The highest BCUT2D eigenvalue weighted by Gasteiger charge is 2.07. The van der Waals surface area contributed by atoms with E-state index in [-0.39, 0.29) is 12.0 Å². The summed E-state index contributed by atoms with van der Waals surface area (Å²) in [6.07, 6.45) is 0.353. The molecule has 0 aliphatic carbocycles. The first kappa shape index (κ1) is 14.3. The number of ether oxygens (including phenoxy) is 1. The molecule has 0 radical (unpaired) electrons. The van der Waals surface area contributed by atoms with Crippen LogP contribution < -0.4 is 10.1 Å². The summed E-state index contributed by atoms with van der Waals surface area (Å²) < 4.78 is 5.22. The molecule has 3 heteroatoms. The molecule has 0 spiro atoms. The van der Waals surface area contributed by atoms with Crippen LogP contribution in [0.15, 0.2) is 60.7 Å². The molecular formula is C17H19NO2. The molecule has 0 saturated carbocycles. The van der Waals surface area contributed by atoms with Crippen LogP contribution in [0.25, 0.3) is 0 Å². The van der Waals surface area contributed by atoms with Crippen molar-refractivity contribution in [2.75, 3.05) is 6.54 Å². The number of rotatable bonds is 6. The third kappa shape index (κ3) is 4.52. The van der Waals surface area contributed by atoms with Crippen molar-refractivity contribution in [3.05, 3.63) is 66.2 Å². The fourth-order valence-corrected chi connectivity index (χ4v) is 1.92. The van der Waals surface area contributed by atoms with Gasteiger partial charge in [0.15, 0.2) is 0 Å². The number of hydrogen-bond donors (Lipinski definition) is 1. The largest absolute Gasteiger partial charge is 0.426 e. The van der Waals surface area contributed by atoms with Crippen molar-refractivity contribution in [1.29, 1.82) is 0 Å². The van der Waals surface area contributed by atoms with E-state index in [0.29, 0.717) is 18.7 Å². The minimum absolute atomic E-state index is 0.219. The summed E-state index contributed by atoms with van der Waals surface area (Å²) >= 11 is 0. The lowest BCUT2D eigenvalue weighted by Gasteiger charge is -2.13. The smallest absolute Gasteiger partial charge is 0.312 e. The number of esters is 1. The van der Waals surface area contributed by atoms with Gasteiger partial charge in [-0.3, -0.25) is 4.79 Å². The first-order valence-electron chi connectivity index (χ1n) is 6.80. The minimum Gasteiger partial charge on any atom is -0.426 e. The van der Waals surface area contributed by atoms with Crippen LogP contribution in [-0.2, 0) is 4.79 Å². The Morgan fingerprint density at radius 3 is 2.30 bits per heavy atom. The molecule has 0 amide bonds. The quantitative estimate of drug-likeness (QED) is 0.645. The van der Waals surface area contributed by atoms with E-state index in [1.165, 1.54) is 5.56 Å². The fraction of sp³-hybridized carbons (Fsp3) is 0.235. The van der Waals surface area contributed by atoms with Crippen LogP contribution in [0.1, 0.15) is 24.9 Å². The molecule has 2 aromatic carbocycles. The van der Waals surface area contributed by atoms with Crippen LogP contribution in [0.3, 0.4) is 0 Å². The Hall–Kier alpha value is -2.13. The topological polar surface area (TPSA) is 38.3 Å². The van der Waals surface area contributed by atoms with Crippen molar-refractivity contribution in [2.45, 2.75) is 19.4 Å². The van der Waals surface area contributed by atoms with Crippen LogP contribution in [-0.4, -0.2) is 12.5 Å². The van der Waals surface area contributed by atoms with Gasteiger partial charge in [0.2, 0.25) is 0 Å². The Labute approximate surface area is 119 Å². The van der Waals surface area contributed by atoms with Gasteiger partial charge in [0.25, 0.3) is 0 Å². The molecule has 2 rings (SSSR count). The first-order valence-corrected chi connectivity index (χ1v) is 6.80. The van der Waals surface area contributed by atoms with Gasteiger partial charge in [-0.2, -0.15) is 0 Å². The van der Waals surface area contributed by atoms with E-state index in [2.05, 4.69) is 24.4 Å². The Morgan fingerprint density at radius 2 is 1.65 bits per heavy atom. The van der Waals surface area contributed by atoms with Gasteiger partial charge in [0.1, 0.15) is 5.75 Å². The normalized spacial score (nSPS) is 11.8. The zero-order valence-corrected chi connectivity index (χ0v) is 11.6. The van der Waals surface area contributed by atoms with E-state index in [9.17, 15) is 4.79 Å². The summed E-state index contributed by atoms with van der Waals surface area (Å²) in [5.41, 5.74) is 1.21. The molecule has 0 unspecified atom stereocenters. The van der Waals surface area contributed by atoms with Crippen LogP contribution in [0.5, 0.6) is 5.75 Å². The average molecular weight is 269 g/mol. The molecule has 0 fully saturated rings. The molecule has 1 N–H and O–H groups in total. The predicted octanol–water partition coefficient (Wildman–Crippen LogP) is 3.33. The van der Waals surface area contributed by atoms with Gasteiger partial charge in [0, 0.05) is 12.6 Å². The SMILES string of the molecule is C[C@@H](NCCC(=O)Oc1ccccc1)c1ccccc1. The molecule has 1 atom stereocenters.